The monoisotopic (exact) mass is 260 g/mol. The van der Waals surface area contributed by atoms with Crippen LogP contribution in [0.4, 0.5) is 0 Å². The Morgan fingerprint density at radius 1 is 1.41 bits per heavy atom. The summed E-state index contributed by atoms with van der Waals surface area (Å²) in [5.74, 6) is 0. The van der Waals surface area contributed by atoms with Gasteiger partial charge in [0, 0.05) is 12.3 Å². The summed E-state index contributed by atoms with van der Waals surface area (Å²) in [6.45, 7) is 4.64. The number of nitrogens with one attached hydrogen (secondary N) is 2. The van der Waals surface area contributed by atoms with E-state index in [2.05, 4.69) is 9.71 Å². The summed E-state index contributed by atoms with van der Waals surface area (Å²) in [7, 11) is -3.76. The van der Waals surface area contributed by atoms with Crippen LogP contribution in [0.2, 0.25) is 0 Å². The van der Waals surface area contributed by atoms with Crippen LogP contribution in [0.5, 0.6) is 0 Å². The molecule has 0 fully saturated rings. The van der Waals surface area contributed by atoms with Crippen LogP contribution in [0.1, 0.15) is 20.8 Å². The van der Waals surface area contributed by atoms with E-state index in [1.54, 1.807) is 13.8 Å². The summed E-state index contributed by atoms with van der Waals surface area (Å²) in [5.41, 5.74) is -1.37. The zero-order valence-electron chi connectivity index (χ0n) is 9.89. The second-order valence-electron chi connectivity index (χ2n) is 4.39. The van der Waals surface area contributed by atoms with Crippen molar-refractivity contribution in [2.75, 3.05) is 0 Å². The zero-order valence-corrected chi connectivity index (χ0v) is 10.7. The maximum Gasteiger partial charge on any atom is 0.247 e. The van der Waals surface area contributed by atoms with Gasteiger partial charge < -0.3 is 10.1 Å². The van der Waals surface area contributed by atoms with Gasteiger partial charge in [-0.15, -0.1) is 0 Å². The molecule has 0 aliphatic carbocycles. The van der Waals surface area contributed by atoms with Crippen molar-refractivity contribution in [3.63, 3.8) is 0 Å². The molecule has 1 aromatic rings. The summed E-state index contributed by atoms with van der Waals surface area (Å²) < 4.78 is 26.2. The number of aliphatic hydroxyl groups is 1. The summed E-state index contributed by atoms with van der Waals surface area (Å²) in [5, 5.41) is 9.45. The first-order valence-corrected chi connectivity index (χ1v) is 6.54. The Balaban J connectivity index is 3.05. The van der Waals surface area contributed by atoms with Crippen LogP contribution in [0, 0.1) is 0 Å². The SMILES string of the molecule is CC(O)C(C)(C)NS(=O)(=O)c1ccc(=O)[nH]c1. The zero-order chi connectivity index (χ0) is 13.3. The van der Waals surface area contributed by atoms with Crippen LogP contribution < -0.4 is 10.3 Å². The van der Waals surface area contributed by atoms with E-state index in [9.17, 15) is 18.3 Å². The number of H-pyrrole nitrogens is 1. The lowest BCUT2D eigenvalue weighted by Gasteiger charge is -2.28. The predicted molar refractivity (Wildman–Crippen MR) is 63.1 cm³/mol. The van der Waals surface area contributed by atoms with Gasteiger partial charge in [-0.3, -0.25) is 4.79 Å². The second-order valence-corrected chi connectivity index (χ2v) is 6.07. The number of pyridine rings is 1. The fourth-order valence-corrected chi connectivity index (χ4v) is 2.50. The quantitative estimate of drug-likeness (QED) is 0.699. The molecule has 3 N–H and O–H groups in total. The molecule has 1 unspecified atom stereocenters. The molecule has 7 heteroatoms. The first kappa shape index (κ1) is 13.9. The third-order valence-corrected chi connectivity index (χ3v) is 4.18. The molecule has 1 rings (SSSR count). The molecule has 0 aliphatic rings. The van der Waals surface area contributed by atoms with Gasteiger partial charge in [0.1, 0.15) is 0 Å². The van der Waals surface area contributed by atoms with E-state index in [0.717, 1.165) is 12.3 Å². The molecule has 6 nitrogen and oxygen atoms in total. The van der Waals surface area contributed by atoms with Gasteiger partial charge in [0.2, 0.25) is 15.6 Å². The first-order chi connectivity index (χ1) is 7.65. The van der Waals surface area contributed by atoms with Crippen LogP contribution in [0.15, 0.2) is 28.0 Å². The molecule has 0 radical (unpaired) electrons. The minimum atomic E-state index is -3.76. The van der Waals surface area contributed by atoms with Gasteiger partial charge in [-0.05, 0) is 26.8 Å². The molecular formula is C10H16N2O4S. The number of aliphatic hydroxyl groups excluding tert-OH is 1. The van der Waals surface area contributed by atoms with E-state index < -0.39 is 21.7 Å². The Morgan fingerprint density at radius 2 is 2.00 bits per heavy atom. The largest absolute Gasteiger partial charge is 0.391 e. The van der Waals surface area contributed by atoms with E-state index in [0.29, 0.717) is 0 Å². The molecule has 0 saturated heterocycles. The molecule has 96 valence electrons. The molecular weight excluding hydrogens is 244 g/mol. The van der Waals surface area contributed by atoms with Crippen molar-refractivity contribution >= 4 is 10.0 Å². The number of aromatic amines is 1. The van der Waals surface area contributed by atoms with Crippen molar-refractivity contribution in [3.05, 3.63) is 28.7 Å². The molecule has 1 heterocycles. The molecule has 0 saturated carbocycles. The first-order valence-electron chi connectivity index (χ1n) is 5.06. The Labute approximate surface area is 99.7 Å². The fraction of sp³-hybridized carbons (Fsp3) is 0.500. The second kappa shape index (κ2) is 4.59. The molecule has 1 aromatic heterocycles. The lowest BCUT2D eigenvalue weighted by Crippen LogP contribution is -2.50. The van der Waals surface area contributed by atoms with Crippen LogP contribution in [0.25, 0.3) is 0 Å². The standard InChI is InChI=1S/C10H16N2O4S/c1-7(13)10(2,3)12-17(15,16)8-4-5-9(14)11-6-8/h4-7,12-13H,1-3H3,(H,11,14). The highest BCUT2D eigenvalue weighted by molar-refractivity contribution is 7.89. The summed E-state index contributed by atoms with van der Waals surface area (Å²) in [4.78, 5) is 13.1. The number of aromatic nitrogens is 1. The Kier molecular flexibility index (Phi) is 3.75. The molecule has 0 amide bonds. The minimum absolute atomic E-state index is 0.0502. The lowest BCUT2D eigenvalue weighted by molar-refractivity contribution is 0.111. The molecule has 17 heavy (non-hydrogen) atoms. The third-order valence-electron chi connectivity index (χ3n) is 2.51. The highest BCUT2D eigenvalue weighted by Gasteiger charge is 2.30. The predicted octanol–water partition coefficient (Wildman–Crippen LogP) is -0.187. The van der Waals surface area contributed by atoms with Gasteiger partial charge in [-0.25, -0.2) is 13.1 Å². The lowest BCUT2D eigenvalue weighted by atomic mass is 10.0. The van der Waals surface area contributed by atoms with Crippen LogP contribution >= 0.6 is 0 Å². The van der Waals surface area contributed by atoms with Crippen LogP contribution in [0.3, 0.4) is 0 Å². The highest BCUT2D eigenvalue weighted by Crippen LogP contribution is 2.14. The average Bonchev–Trinajstić information content (AvgIpc) is 2.16. The number of hydrogen-bond donors (Lipinski definition) is 3. The number of hydrogen-bond acceptors (Lipinski definition) is 4. The van der Waals surface area contributed by atoms with E-state index in [1.807, 2.05) is 0 Å². The maximum atomic E-state index is 11.9. The van der Waals surface area contributed by atoms with Crippen molar-refractivity contribution in [2.45, 2.75) is 37.3 Å². The Bertz CT molecular complexity index is 525. The van der Waals surface area contributed by atoms with Gasteiger partial charge in [0.25, 0.3) is 0 Å². The topological polar surface area (TPSA) is 99.3 Å². The molecule has 1 atom stereocenters. The molecule has 0 aromatic carbocycles. The van der Waals surface area contributed by atoms with Crippen molar-refractivity contribution in [2.24, 2.45) is 0 Å². The van der Waals surface area contributed by atoms with Crippen molar-refractivity contribution < 1.29 is 13.5 Å². The van der Waals surface area contributed by atoms with E-state index >= 15 is 0 Å². The third kappa shape index (κ3) is 3.39. The summed E-state index contributed by atoms with van der Waals surface area (Å²) >= 11 is 0. The van der Waals surface area contributed by atoms with Crippen molar-refractivity contribution in [3.8, 4) is 0 Å². The highest BCUT2D eigenvalue weighted by atomic mass is 32.2. The minimum Gasteiger partial charge on any atom is -0.391 e. The number of sulfonamides is 1. The summed E-state index contributed by atoms with van der Waals surface area (Å²) in [6, 6.07) is 2.34. The van der Waals surface area contributed by atoms with Gasteiger partial charge >= 0.3 is 0 Å². The van der Waals surface area contributed by atoms with Crippen LogP contribution in [-0.4, -0.2) is 30.2 Å². The van der Waals surface area contributed by atoms with Crippen molar-refractivity contribution in [1.82, 2.24) is 9.71 Å². The van der Waals surface area contributed by atoms with Gasteiger partial charge in [-0.1, -0.05) is 0 Å². The van der Waals surface area contributed by atoms with Crippen molar-refractivity contribution in [1.29, 1.82) is 0 Å². The van der Waals surface area contributed by atoms with Crippen LogP contribution in [-0.2, 0) is 10.0 Å². The normalized spacial score (nSPS) is 14.6. The fourth-order valence-electron chi connectivity index (χ4n) is 1.05. The van der Waals surface area contributed by atoms with E-state index in [-0.39, 0.29) is 10.5 Å². The molecule has 0 bridgehead atoms. The van der Waals surface area contributed by atoms with Gasteiger partial charge in [-0.2, -0.15) is 0 Å². The average molecular weight is 260 g/mol. The van der Waals surface area contributed by atoms with E-state index in [1.165, 1.54) is 13.0 Å². The number of rotatable bonds is 4. The smallest absolute Gasteiger partial charge is 0.247 e. The van der Waals surface area contributed by atoms with Gasteiger partial charge in [0.05, 0.1) is 16.5 Å². The van der Waals surface area contributed by atoms with E-state index in [4.69, 9.17) is 0 Å². The Morgan fingerprint density at radius 3 is 2.41 bits per heavy atom. The molecule has 0 aliphatic heterocycles. The molecule has 0 spiro atoms. The summed E-state index contributed by atoms with van der Waals surface area (Å²) in [6.07, 6.45) is 0.267. The van der Waals surface area contributed by atoms with Gasteiger partial charge in [0.15, 0.2) is 0 Å². The maximum absolute atomic E-state index is 11.9. The Hall–Kier alpha value is -1.18.